The molecule has 1 N–H and O–H groups in total. The maximum atomic E-state index is 10.9. The minimum atomic E-state index is -0.468. The summed E-state index contributed by atoms with van der Waals surface area (Å²) in [5.74, 6) is -0.311. The van der Waals surface area contributed by atoms with Gasteiger partial charge in [0.2, 0.25) is 5.91 Å². The largest absolute Gasteiger partial charge is 0.312 e. The molecular weight excluding hydrogens is 228 g/mol. The van der Waals surface area contributed by atoms with Gasteiger partial charge in [0, 0.05) is 11.6 Å². The molecule has 1 amide bonds. The first kappa shape index (κ1) is 10.6. The van der Waals surface area contributed by atoms with Crippen LogP contribution in [-0.2, 0) is 4.79 Å². The Morgan fingerprint density at radius 3 is 2.75 bits per heavy atom. The number of carbonyl (C=O) groups is 1. The number of nitrogens with one attached hydrogen (secondary N) is 1. The maximum Gasteiger partial charge on any atom is 0.311 e. The Morgan fingerprint density at radius 2 is 2.12 bits per heavy atom. The van der Waals surface area contributed by atoms with E-state index in [9.17, 15) is 14.9 Å². The van der Waals surface area contributed by atoms with Crippen LogP contribution in [-0.4, -0.2) is 10.8 Å². The molecule has 0 saturated carbocycles. The molecule has 0 aliphatic rings. The van der Waals surface area contributed by atoms with Crippen molar-refractivity contribution in [3.63, 3.8) is 0 Å². The van der Waals surface area contributed by atoms with E-state index in [1.54, 1.807) is 24.3 Å². The van der Waals surface area contributed by atoms with Crippen LogP contribution in [0.4, 0.5) is 10.7 Å². The molecule has 6 heteroatoms. The predicted molar refractivity (Wildman–Crippen MR) is 62.8 cm³/mol. The SMILES string of the molecule is CC(=O)Nc1sc2ccccc2c1[N+](=O)[O-]. The van der Waals surface area contributed by atoms with Crippen molar-refractivity contribution in [2.75, 3.05) is 5.32 Å². The van der Waals surface area contributed by atoms with Gasteiger partial charge in [-0.1, -0.05) is 12.1 Å². The van der Waals surface area contributed by atoms with E-state index in [1.165, 1.54) is 18.3 Å². The van der Waals surface area contributed by atoms with Crippen LogP contribution >= 0.6 is 11.3 Å². The van der Waals surface area contributed by atoms with E-state index in [0.717, 1.165) is 4.70 Å². The van der Waals surface area contributed by atoms with E-state index >= 15 is 0 Å². The lowest BCUT2D eigenvalue weighted by molar-refractivity contribution is -0.381. The quantitative estimate of drug-likeness (QED) is 0.643. The lowest BCUT2D eigenvalue weighted by Crippen LogP contribution is -2.05. The molecule has 82 valence electrons. The zero-order valence-electron chi connectivity index (χ0n) is 8.39. The van der Waals surface area contributed by atoms with Crippen LogP contribution in [0.15, 0.2) is 24.3 Å². The van der Waals surface area contributed by atoms with Gasteiger partial charge in [0.05, 0.1) is 10.3 Å². The van der Waals surface area contributed by atoms with Crippen molar-refractivity contribution in [3.05, 3.63) is 34.4 Å². The highest BCUT2D eigenvalue weighted by Crippen LogP contribution is 2.41. The smallest absolute Gasteiger partial charge is 0.311 e. The van der Waals surface area contributed by atoms with Gasteiger partial charge in [0.25, 0.3) is 0 Å². The molecule has 1 aromatic carbocycles. The topological polar surface area (TPSA) is 72.2 Å². The van der Waals surface area contributed by atoms with Gasteiger partial charge in [-0.25, -0.2) is 0 Å². The molecule has 5 nitrogen and oxygen atoms in total. The van der Waals surface area contributed by atoms with E-state index in [2.05, 4.69) is 5.32 Å². The second kappa shape index (κ2) is 3.90. The third-order valence-corrected chi connectivity index (χ3v) is 3.12. The summed E-state index contributed by atoms with van der Waals surface area (Å²) in [6.45, 7) is 1.33. The zero-order valence-corrected chi connectivity index (χ0v) is 9.21. The van der Waals surface area contributed by atoms with E-state index in [4.69, 9.17) is 0 Å². The molecule has 2 aromatic rings. The molecule has 0 aliphatic heterocycles. The van der Waals surface area contributed by atoms with Gasteiger partial charge in [0.15, 0.2) is 5.00 Å². The third kappa shape index (κ3) is 1.74. The number of nitro groups is 1. The summed E-state index contributed by atoms with van der Waals surface area (Å²) < 4.78 is 0.790. The van der Waals surface area contributed by atoms with Gasteiger partial charge in [-0.3, -0.25) is 14.9 Å². The van der Waals surface area contributed by atoms with Gasteiger partial charge in [0.1, 0.15) is 0 Å². The first-order chi connectivity index (χ1) is 7.59. The minimum absolute atomic E-state index is 0.0317. The number of anilines is 1. The van der Waals surface area contributed by atoms with Crippen molar-refractivity contribution < 1.29 is 9.72 Å². The summed E-state index contributed by atoms with van der Waals surface area (Å²) in [5, 5.41) is 14.3. The molecular formula is C10H8N2O3S. The fourth-order valence-corrected chi connectivity index (χ4v) is 2.57. The van der Waals surface area contributed by atoms with E-state index in [-0.39, 0.29) is 11.6 Å². The molecule has 1 aromatic heterocycles. The molecule has 2 rings (SSSR count). The van der Waals surface area contributed by atoms with Crippen LogP contribution in [0.25, 0.3) is 10.1 Å². The average molecular weight is 236 g/mol. The van der Waals surface area contributed by atoms with E-state index < -0.39 is 4.92 Å². The maximum absolute atomic E-state index is 10.9. The Balaban J connectivity index is 2.68. The van der Waals surface area contributed by atoms with E-state index in [1.807, 2.05) is 0 Å². The molecule has 0 bridgehead atoms. The predicted octanol–water partition coefficient (Wildman–Crippen LogP) is 2.77. The molecule has 16 heavy (non-hydrogen) atoms. The summed E-state index contributed by atoms with van der Waals surface area (Å²) in [5.41, 5.74) is -0.0317. The van der Waals surface area contributed by atoms with E-state index in [0.29, 0.717) is 10.4 Å². The number of thiophene rings is 1. The molecule has 0 radical (unpaired) electrons. The minimum Gasteiger partial charge on any atom is -0.312 e. The van der Waals surface area contributed by atoms with Gasteiger partial charge in [-0.2, -0.15) is 0 Å². The van der Waals surface area contributed by atoms with Gasteiger partial charge in [-0.15, -0.1) is 11.3 Å². The number of nitrogens with zero attached hydrogens (tertiary/aromatic N) is 1. The molecule has 0 aliphatic carbocycles. The Labute approximate surface area is 94.8 Å². The monoisotopic (exact) mass is 236 g/mol. The molecule has 1 heterocycles. The highest BCUT2D eigenvalue weighted by molar-refractivity contribution is 7.23. The second-order valence-electron chi connectivity index (χ2n) is 3.21. The van der Waals surface area contributed by atoms with Crippen LogP contribution in [0, 0.1) is 10.1 Å². The lowest BCUT2D eigenvalue weighted by Gasteiger charge is -1.96. The van der Waals surface area contributed by atoms with Gasteiger partial charge < -0.3 is 5.32 Å². The van der Waals surface area contributed by atoms with Crippen molar-refractivity contribution in [1.29, 1.82) is 0 Å². The van der Waals surface area contributed by atoms with Gasteiger partial charge >= 0.3 is 5.69 Å². The number of carbonyl (C=O) groups excluding carboxylic acids is 1. The Hall–Kier alpha value is -1.95. The normalized spacial score (nSPS) is 10.3. The number of rotatable bonds is 2. The number of hydrogen-bond donors (Lipinski definition) is 1. The number of amides is 1. The fourth-order valence-electron chi connectivity index (χ4n) is 1.46. The molecule has 0 atom stereocenters. The molecule has 0 spiro atoms. The average Bonchev–Trinajstić information content (AvgIpc) is 2.53. The highest BCUT2D eigenvalue weighted by Gasteiger charge is 2.22. The number of fused-ring (bicyclic) bond motifs is 1. The number of benzene rings is 1. The zero-order chi connectivity index (χ0) is 11.7. The second-order valence-corrected chi connectivity index (χ2v) is 4.27. The summed E-state index contributed by atoms with van der Waals surface area (Å²) >= 11 is 1.21. The van der Waals surface area contributed by atoms with Crippen molar-refractivity contribution in [1.82, 2.24) is 0 Å². The molecule has 0 fully saturated rings. The van der Waals surface area contributed by atoms with Crippen LogP contribution in [0.1, 0.15) is 6.92 Å². The Bertz CT molecular complexity index is 576. The first-order valence-electron chi connectivity index (χ1n) is 4.53. The summed E-state index contributed by atoms with van der Waals surface area (Å²) in [6.07, 6.45) is 0. The summed E-state index contributed by atoms with van der Waals surface area (Å²) in [7, 11) is 0. The Morgan fingerprint density at radius 1 is 1.44 bits per heavy atom. The van der Waals surface area contributed by atoms with Crippen LogP contribution in [0.3, 0.4) is 0 Å². The molecule has 0 unspecified atom stereocenters. The van der Waals surface area contributed by atoms with Crippen molar-refractivity contribution in [2.45, 2.75) is 6.92 Å². The Kier molecular flexibility index (Phi) is 2.57. The van der Waals surface area contributed by atoms with Crippen molar-refractivity contribution in [3.8, 4) is 0 Å². The first-order valence-corrected chi connectivity index (χ1v) is 5.34. The summed E-state index contributed by atoms with van der Waals surface area (Å²) in [4.78, 5) is 21.4. The fraction of sp³-hybridized carbons (Fsp3) is 0.100. The number of hydrogen-bond acceptors (Lipinski definition) is 4. The highest BCUT2D eigenvalue weighted by atomic mass is 32.1. The molecule has 0 saturated heterocycles. The lowest BCUT2D eigenvalue weighted by atomic mass is 10.2. The van der Waals surface area contributed by atoms with Crippen LogP contribution in [0.5, 0.6) is 0 Å². The third-order valence-electron chi connectivity index (χ3n) is 2.04. The van der Waals surface area contributed by atoms with Crippen molar-refractivity contribution >= 4 is 38.0 Å². The van der Waals surface area contributed by atoms with Gasteiger partial charge in [-0.05, 0) is 12.1 Å². The van der Waals surface area contributed by atoms with Crippen LogP contribution in [0.2, 0.25) is 0 Å². The van der Waals surface area contributed by atoms with Crippen LogP contribution < -0.4 is 5.32 Å². The van der Waals surface area contributed by atoms with Crippen molar-refractivity contribution in [2.24, 2.45) is 0 Å². The standard InChI is InChI=1S/C10H8N2O3S/c1-6(13)11-10-9(12(14)15)7-4-2-3-5-8(7)16-10/h2-5H,1H3,(H,11,13). The summed E-state index contributed by atoms with van der Waals surface area (Å²) in [6, 6.07) is 7.01.